The molecule has 2 nitrogen and oxygen atoms in total. The summed E-state index contributed by atoms with van der Waals surface area (Å²) >= 11 is 0. The van der Waals surface area contributed by atoms with Crippen molar-refractivity contribution >= 4 is 0 Å². The molecule has 2 aliphatic heterocycles. The van der Waals surface area contributed by atoms with Crippen LogP contribution in [0.3, 0.4) is 0 Å². The van der Waals surface area contributed by atoms with Crippen molar-refractivity contribution in [2.45, 2.75) is 37.3 Å². The fourth-order valence-corrected chi connectivity index (χ4v) is 3.95. The Labute approximate surface area is 107 Å². The van der Waals surface area contributed by atoms with Crippen LogP contribution >= 0.6 is 0 Å². The molecule has 1 N–H and O–H groups in total. The monoisotopic (exact) mass is 249 g/mol. The molecular weight excluding hydrogens is 229 g/mol. The minimum atomic E-state index is -0.171. The molecule has 2 heterocycles. The molecule has 1 aromatic carbocycles. The summed E-state index contributed by atoms with van der Waals surface area (Å²) in [4.78, 5) is 2.41. The molecule has 1 aromatic rings. The Kier molecular flexibility index (Phi) is 3.12. The summed E-state index contributed by atoms with van der Waals surface area (Å²) < 4.78 is 13.4. The van der Waals surface area contributed by atoms with Gasteiger partial charge in [-0.2, -0.15) is 0 Å². The highest BCUT2D eigenvalue weighted by atomic mass is 19.1. The van der Waals surface area contributed by atoms with Gasteiger partial charge in [-0.15, -0.1) is 0 Å². The van der Waals surface area contributed by atoms with Crippen molar-refractivity contribution in [3.63, 3.8) is 0 Å². The van der Waals surface area contributed by atoms with Gasteiger partial charge < -0.3 is 10.0 Å². The number of fused-ring (bicyclic) bond motifs is 2. The maximum atomic E-state index is 13.4. The smallest absolute Gasteiger partial charge is 0.123 e. The first kappa shape index (κ1) is 12.1. The van der Waals surface area contributed by atoms with E-state index in [4.69, 9.17) is 0 Å². The van der Waals surface area contributed by atoms with Gasteiger partial charge in [0.25, 0.3) is 0 Å². The van der Waals surface area contributed by atoms with Crippen LogP contribution in [0.5, 0.6) is 0 Å². The highest BCUT2D eigenvalue weighted by molar-refractivity contribution is 5.24. The van der Waals surface area contributed by atoms with Crippen molar-refractivity contribution in [2.24, 2.45) is 5.92 Å². The van der Waals surface area contributed by atoms with Gasteiger partial charge in [-0.3, -0.25) is 0 Å². The summed E-state index contributed by atoms with van der Waals surface area (Å²) in [7, 11) is 2.16. The third-order valence-electron chi connectivity index (χ3n) is 4.92. The molecule has 0 amide bonds. The number of aliphatic hydroxyl groups is 1. The summed E-state index contributed by atoms with van der Waals surface area (Å²) in [6.45, 7) is 0.197. The molecule has 0 aromatic heterocycles. The van der Waals surface area contributed by atoms with Crippen molar-refractivity contribution in [1.29, 1.82) is 0 Å². The number of piperidine rings is 1. The van der Waals surface area contributed by atoms with Crippen LogP contribution in [0.25, 0.3) is 0 Å². The first-order valence-corrected chi connectivity index (χ1v) is 6.79. The quantitative estimate of drug-likeness (QED) is 0.870. The number of hydrogen-bond acceptors (Lipinski definition) is 2. The maximum absolute atomic E-state index is 13.4. The van der Waals surface area contributed by atoms with Gasteiger partial charge in [0.15, 0.2) is 0 Å². The van der Waals surface area contributed by atoms with E-state index in [1.54, 1.807) is 12.1 Å². The lowest BCUT2D eigenvalue weighted by atomic mass is 9.76. The van der Waals surface area contributed by atoms with Crippen LogP contribution in [0.4, 0.5) is 4.39 Å². The average molecular weight is 249 g/mol. The van der Waals surface area contributed by atoms with Crippen molar-refractivity contribution in [2.75, 3.05) is 13.7 Å². The lowest BCUT2D eigenvalue weighted by Crippen LogP contribution is -2.47. The fraction of sp³-hybridized carbons (Fsp3) is 0.600. The maximum Gasteiger partial charge on any atom is 0.123 e. The van der Waals surface area contributed by atoms with Crippen LogP contribution in [-0.2, 0) is 0 Å². The van der Waals surface area contributed by atoms with Gasteiger partial charge in [-0.25, -0.2) is 4.39 Å². The molecule has 3 heteroatoms. The molecule has 0 spiro atoms. The highest BCUT2D eigenvalue weighted by Crippen LogP contribution is 2.45. The standard InChI is InChI=1S/C15H20FNO/c1-17-12-5-6-15(17)14(9-18)13(8-12)10-3-2-4-11(16)7-10/h2-4,7,12-15,18H,5-6,8-9H2,1H3/t12?,13-,14-,15?/m1/s1. The molecule has 4 atom stereocenters. The van der Waals surface area contributed by atoms with E-state index in [2.05, 4.69) is 11.9 Å². The molecule has 0 saturated carbocycles. The number of benzene rings is 1. The van der Waals surface area contributed by atoms with E-state index in [0.29, 0.717) is 18.0 Å². The van der Waals surface area contributed by atoms with Crippen LogP contribution in [0.15, 0.2) is 24.3 Å². The zero-order valence-electron chi connectivity index (χ0n) is 10.7. The first-order chi connectivity index (χ1) is 8.70. The van der Waals surface area contributed by atoms with E-state index in [-0.39, 0.29) is 18.3 Å². The Bertz CT molecular complexity index is 436. The SMILES string of the molecule is CN1C2CCC1[C@H](CO)[C@@H](c1cccc(F)c1)C2. The lowest BCUT2D eigenvalue weighted by molar-refractivity contribution is 0.0591. The van der Waals surface area contributed by atoms with Crippen molar-refractivity contribution in [1.82, 2.24) is 4.90 Å². The zero-order chi connectivity index (χ0) is 12.7. The van der Waals surface area contributed by atoms with Crippen LogP contribution in [0, 0.1) is 11.7 Å². The summed E-state index contributed by atoms with van der Waals surface area (Å²) in [5, 5.41) is 9.71. The lowest BCUT2D eigenvalue weighted by Gasteiger charge is -2.42. The minimum Gasteiger partial charge on any atom is -0.396 e. The van der Waals surface area contributed by atoms with E-state index in [1.165, 1.54) is 12.5 Å². The summed E-state index contributed by atoms with van der Waals surface area (Å²) in [6.07, 6.45) is 3.42. The molecule has 2 saturated heterocycles. The van der Waals surface area contributed by atoms with Crippen molar-refractivity contribution in [3.8, 4) is 0 Å². The van der Waals surface area contributed by atoms with Crippen LogP contribution < -0.4 is 0 Å². The molecule has 98 valence electrons. The normalized spacial score (nSPS) is 35.9. The first-order valence-electron chi connectivity index (χ1n) is 6.79. The summed E-state index contributed by atoms with van der Waals surface area (Å²) in [5.74, 6) is 0.380. The van der Waals surface area contributed by atoms with Gasteiger partial charge >= 0.3 is 0 Å². The molecule has 2 fully saturated rings. The fourth-order valence-electron chi connectivity index (χ4n) is 3.95. The van der Waals surface area contributed by atoms with E-state index in [9.17, 15) is 9.50 Å². The molecule has 2 unspecified atom stereocenters. The van der Waals surface area contributed by atoms with Crippen LogP contribution in [0.2, 0.25) is 0 Å². The predicted octanol–water partition coefficient (Wildman–Crippen LogP) is 2.38. The topological polar surface area (TPSA) is 23.5 Å². The Balaban J connectivity index is 1.92. The molecule has 18 heavy (non-hydrogen) atoms. The van der Waals surface area contributed by atoms with Gasteiger partial charge in [0.1, 0.15) is 5.82 Å². The minimum absolute atomic E-state index is 0.171. The van der Waals surface area contributed by atoms with E-state index >= 15 is 0 Å². The van der Waals surface area contributed by atoms with Gasteiger partial charge in [0, 0.05) is 24.6 Å². The Morgan fingerprint density at radius 1 is 1.39 bits per heavy atom. The second-order valence-corrected chi connectivity index (χ2v) is 5.71. The highest BCUT2D eigenvalue weighted by Gasteiger charge is 2.45. The second kappa shape index (κ2) is 4.63. The van der Waals surface area contributed by atoms with E-state index in [1.807, 2.05) is 6.07 Å². The van der Waals surface area contributed by atoms with Gasteiger partial charge in [-0.05, 0) is 49.9 Å². The third-order valence-corrected chi connectivity index (χ3v) is 4.92. The van der Waals surface area contributed by atoms with Gasteiger partial charge in [0.2, 0.25) is 0 Å². The molecule has 0 radical (unpaired) electrons. The molecule has 2 aliphatic rings. The van der Waals surface area contributed by atoms with Crippen molar-refractivity contribution < 1.29 is 9.50 Å². The summed E-state index contributed by atoms with van der Waals surface area (Å²) in [5.41, 5.74) is 1.05. The van der Waals surface area contributed by atoms with Crippen LogP contribution in [0.1, 0.15) is 30.7 Å². The number of hydrogen-bond donors (Lipinski definition) is 1. The molecule has 0 aliphatic carbocycles. The third kappa shape index (κ3) is 1.86. The number of aliphatic hydroxyl groups excluding tert-OH is 1. The molecular formula is C15H20FNO. The van der Waals surface area contributed by atoms with E-state index < -0.39 is 0 Å². The van der Waals surface area contributed by atoms with Crippen LogP contribution in [-0.4, -0.2) is 35.7 Å². The number of nitrogens with zero attached hydrogens (tertiary/aromatic N) is 1. The van der Waals surface area contributed by atoms with Crippen molar-refractivity contribution in [3.05, 3.63) is 35.6 Å². The van der Waals surface area contributed by atoms with Gasteiger partial charge in [0.05, 0.1) is 0 Å². The Morgan fingerprint density at radius 2 is 2.22 bits per heavy atom. The molecule has 2 bridgehead atoms. The Morgan fingerprint density at radius 3 is 2.94 bits per heavy atom. The average Bonchev–Trinajstić information content (AvgIpc) is 2.63. The van der Waals surface area contributed by atoms with Gasteiger partial charge in [-0.1, -0.05) is 12.1 Å². The van der Waals surface area contributed by atoms with E-state index in [0.717, 1.165) is 18.4 Å². The number of halogens is 1. The predicted molar refractivity (Wildman–Crippen MR) is 68.9 cm³/mol. The number of rotatable bonds is 2. The Hall–Kier alpha value is -0.930. The second-order valence-electron chi connectivity index (χ2n) is 5.71. The molecule has 3 rings (SSSR count). The zero-order valence-corrected chi connectivity index (χ0v) is 10.7. The largest absolute Gasteiger partial charge is 0.396 e. The summed E-state index contributed by atoms with van der Waals surface area (Å²) in [6, 6.07) is 7.97.